The molecule has 5 nitrogen and oxygen atoms in total. The standard InChI is InChI=1S/C12H18N2O3/c1-14(7-3-2-4-8-15)12(17)10-5-6-13-11(16)9-10/h5-6,9,15H,2-4,7-8H2,1H3,(H,13,16). The molecule has 1 amide bonds. The third-order valence-electron chi connectivity index (χ3n) is 2.52. The number of aromatic amines is 1. The Balaban J connectivity index is 2.49. The van der Waals surface area contributed by atoms with Gasteiger partial charge in [0.2, 0.25) is 5.56 Å². The van der Waals surface area contributed by atoms with Gasteiger partial charge in [-0.2, -0.15) is 0 Å². The summed E-state index contributed by atoms with van der Waals surface area (Å²) in [5.41, 5.74) is 0.128. The van der Waals surface area contributed by atoms with Crippen molar-refractivity contribution in [3.05, 3.63) is 34.2 Å². The largest absolute Gasteiger partial charge is 0.396 e. The Kier molecular flexibility index (Phi) is 5.42. The van der Waals surface area contributed by atoms with Crippen LogP contribution in [0, 0.1) is 0 Å². The van der Waals surface area contributed by atoms with Crippen molar-refractivity contribution >= 4 is 5.91 Å². The second-order valence-electron chi connectivity index (χ2n) is 3.95. The highest BCUT2D eigenvalue weighted by Crippen LogP contribution is 2.02. The van der Waals surface area contributed by atoms with Crippen LogP contribution in [-0.2, 0) is 0 Å². The van der Waals surface area contributed by atoms with Crippen LogP contribution in [0.5, 0.6) is 0 Å². The Bertz CT molecular complexity index is 414. The number of aliphatic hydroxyl groups is 1. The molecular formula is C12H18N2O3. The van der Waals surface area contributed by atoms with E-state index in [0.29, 0.717) is 12.1 Å². The van der Waals surface area contributed by atoms with Gasteiger partial charge < -0.3 is 15.0 Å². The summed E-state index contributed by atoms with van der Waals surface area (Å²) in [5, 5.41) is 8.63. The van der Waals surface area contributed by atoms with Crippen LogP contribution in [0.4, 0.5) is 0 Å². The van der Waals surface area contributed by atoms with Crippen LogP contribution in [0.2, 0.25) is 0 Å². The molecule has 17 heavy (non-hydrogen) atoms. The fraction of sp³-hybridized carbons (Fsp3) is 0.500. The van der Waals surface area contributed by atoms with Gasteiger partial charge in [0.25, 0.3) is 5.91 Å². The molecule has 2 N–H and O–H groups in total. The van der Waals surface area contributed by atoms with Crippen LogP contribution >= 0.6 is 0 Å². The molecule has 0 unspecified atom stereocenters. The fourth-order valence-corrected chi connectivity index (χ4v) is 1.54. The van der Waals surface area contributed by atoms with E-state index in [4.69, 9.17) is 5.11 Å². The summed E-state index contributed by atoms with van der Waals surface area (Å²) in [6, 6.07) is 2.89. The molecule has 0 spiro atoms. The molecule has 1 heterocycles. The van der Waals surface area contributed by atoms with Crippen LogP contribution in [0.1, 0.15) is 29.6 Å². The number of rotatable bonds is 6. The smallest absolute Gasteiger partial charge is 0.253 e. The van der Waals surface area contributed by atoms with E-state index in [1.807, 2.05) is 0 Å². The first-order valence-corrected chi connectivity index (χ1v) is 5.70. The van der Waals surface area contributed by atoms with Crippen molar-refractivity contribution in [3.8, 4) is 0 Å². The van der Waals surface area contributed by atoms with E-state index in [9.17, 15) is 9.59 Å². The molecule has 0 bridgehead atoms. The molecule has 0 saturated heterocycles. The van der Waals surface area contributed by atoms with Gasteiger partial charge in [-0.3, -0.25) is 9.59 Å². The molecule has 0 saturated carbocycles. The van der Waals surface area contributed by atoms with Crippen molar-refractivity contribution in [2.45, 2.75) is 19.3 Å². The van der Waals surface area contributed by atoms with E-state index in [-0.39, 0.29) is 18.1 Å². The second kappa shape index (κ2) is 6.85. The van der Waals surface area contributed by atoms with Crippen LogP contribution in [0.25, 0.3) is 0 Å². The van der Waals surface area contributed by atoms with E-state index < -0.39 is 0 Å². The minimum Gasteiger partial charge on any atom is -0.396 e. The number of aromatic nitrogens is 1. The number of amides is 1. The van der Waals surface area contributed by atoms with Gasteiger partial charge in [-0.05, 0) is 25.3 Å². The molecule has 0 fully saturated rings. The van der Waals surface area contributed by atoms with Gasteiger partial charge in [-0.1, -0.05) is 0 Å². The van der Waals surface area contributed by atoms with Gasteiger partial charge in [0.15, 0.2) is 0 Å². The Hall–Kier alpha value is -1.62. The predicted molar refractivity (Wildman–Crippen MR) is 65.0 cm³/mol. The van der Waals surface area contributed by atoms with Crippen molar-refractivity contribution in [2.24, 2.45) is 0 Å². The lowest BCUT2D eigenvalue weighted by Gasteiger charge is -2.16. The van der Waals surface area contributed by atoms with Gasteiger partial charge in [0.1, 0.15) is 0 Å². The predicted octanol–water partition coefficient (Wildman–Crippen LogP) is 0.610. The number of hydrogen-bond donors (Lipinski definition) is 2. The summed E-state index contributed by atoms with van der Waals surface area (Å²) in [6.45, 7) is 0.817. The molecular weight excluding hydrogens is 220 g/mol. The van der Waals surface area contributed by atoms with E-state index >= 15 is 0 Å². The first-order chi connectivity index (χ1) is 8.15. The third kappa shape index (κ3) is 4.40. The first kappa shape index (κ1) is 13.4. The van der Waals surface area contributed by atoms with Crippen molar-refractivity contribution < 1.29 is 9.90 Å². The van der Waals surface area contributed by atoms with Crippen molar-refractivity contribution in [3.63, 3.8) is 0 Å². The molecule has 0 aliphatic rings. The van der Waals surface area contributed by atoms with E-state index in [1.54, 1.807) is 18.0 Å². The zero-order chi connectivity index (χ0) is 12.7. The number of nitrogens with zero attached hydrogens (tertiary/aromatic N) is 1. The van der Waals surface area contributed by atoms with Gasteiger partial charge in [0.05, 0.1) is 0 Å². The number of carbonyl (C=O) groups excluding carboxylic acids is 1. The quantitative estimate of drug-likeness (QED) is 0.713. The lowest BCUT2D eigenvalue weighted by atomic mass is 10.2. The summed E-state index contributed by atoms with van der Waals surface area (Å²) in [6.07, 6.45) is 3.97. The van der Waals surface area contributed by atoms with E-state index in [0.717, 1.165) is 19.3 Å². The van der Waals surface area contributed by atoms with Gasteiger partial charge in [-0.25, -0.2) is 0 Å². The number of nitrogens with one attached hydrogen (secondary N) is 1. The molecule has 0 atom stereocenters. The molecule has 0 aliphatic heterocycles. The number of unbranched alkanes of at least 4 members (excludes halogenated alkanes) is 2. The molecule has 0 aliphatic carbocycles. The normalized spacial score (nSPS) is 10.2. The second-order valence-corrected chi connectivity index (χ2v) is 3.95. The summed E-state index contributed by atoms with van der Waals surface area (Å²) >= 11 is 0. The molecule has 0 aromatic carbocycles. The summed E-state index contributed by atoms with van der Waals surface area (Å²) in [4.78, 5) is 27.0. The Morgan fingerprint density at radius 2 is 2.18 bits per heavy atom. The van der Waals surface area contributed by atoms with Gasteiger partial charge in [-0.15, -0.1) is 0 Å². The minimum atomic E-state index is -0.274. The molecule has 0 radical (unpaired) electrons. The van der Waals surface area contributed by atoms with Crippen molar-refractivity contribution in [1.82, 2.24) is 9.88 Å². The highest BCUT2D eigenvalue weighted by Gasteiger charge is 2.11. The summed E-state index contributed by atoms with van der Waals surface area (Å²) in [5.74, 6) is -0.153. The van der Waals surface area contributed by atoms with Crippen LogP contribution < -0.4 is 5.56 Å². The molecule has 5 heteroatoms. The lowest BCUT2D eigenvalue weighted by Crippen LogP contribution is -2.28. The van der Waals surface area contributed by atoms with Crippen LogP contribution in [-0.4, -0.2) is 41.1 Å². The topological polar surface area (TPSA) is 73.4 Å². The Labute approximate surface area is 100 Å². The zero-order valence-corrected chi connectivity index (χ0v) is 9.98. The van der Waals surface area contributed by atoms with E-state index in [2.05, 4.69) is 4.98 Å². The number of aliphatic hydroxyl groups excluding tert-OH is 1. The molecule has 94 valence electrons. The number of carbonyl (C=O) groups is 1. The fourth-order valence-electron chi connectivity index (χ4n) is 1.54. The number of pyridine rings is 1. The first-order valence-electron chi connectivity index (χ1n) is 5.70. The molecule has 1 aromatic rings. The Morgan fingerprint density at radius 1 is 1.41 bits per heavy atom. The SMILES string of the molecule is CN(CCCCCO)C(=O)c1cc[nH]c(=O)c1. The van der Waals surface area contributed by atoms with Crippen molar-refractivity contribution in [2.75, 3.05) is 20.2 Å². The minimum absolute atomic E-state index is 0.153. The highest BCUT2D eigenvalue weighted by molar-refractivity contribution is 5.93. The zero-order valence-electron chi connectivity index (χ0n) is 9.98. The van der Waals surface area contributed by atoms with Crippen LogP contribution in [0.3, 0.4) is 0 Å². The van der Waals surface area contributed by atoms with Gasteiger partial charge in [0, 0.05) is 38.0 Å². The molecule has 1 rings (SSSR count). The molecule has 1 aromatic heterocycles. The third-order valence-corrected chi connectivity index (χ3v) is 2.52. The lowest BCUT2D eigenvalue weighted by molar-refractivity contribution is 0.0792. The number of H-pyrrole nitrogens is 1. The maximum atomic E-state index is 11.9. The van der Waals surface area contributed by atoms with Crippen LogP contribution in [0.15, 0.2) is 23.1 Å². The average molecular weight is 238 g/mol. The Morgan fingerprint density at radius 3 is 2.82 bits per heavy atom. The van der Waals surface area contributed by atoms with E-state index in [1.165, 1.54) is 12.3 Å². The van der Waals surface area contributed by atoms with Crippen molar-refractivity contribution in [1.29, 1.82) is 0 Å². The highest BCUT2D eigenvalue weighted by atomic mass is 16.3. The summed E-state index contributed by atoms with van der Waals surface area (Å²) in [7, 11) is 1.71. The monoisotopic (exact) mass is 238 g/mol. The maximum Gasteiger partial charge on any atom is 0.253 e. The van der Waals surface area contributed by atoms with Gasteiger partial charge >= 0.3 is 0 Å². The number of hydrogen-bond acceptors (Lipinski definition) is 3. The average Bonchev–Trinajstić information content (AvgIpc) is 2.33. The maximum absolute atomic E-state index is 11.9. The summed E-state index contributed by atoms with van der Waals surface area (Å²) < 4.78 is 0.